The lowest BCUT2D eigenvalue weighted by molar-refractivity contribution is -0.142. The van der Waals surface area contributed by atoms with Crippen molar-refractivity contribution in [3.8, 4) is 0 Å². The second kappa shape index (κ2) is 8.14. The first kappa shape index (κ1) is 17.5. The van der Waals surface area contributed by atoms with Crippen molar-refractivity contribution in [2.24, 2.45) is 0 Å². The Labute approximate surface area is 138 Å². The maximum Gasteiger partial charge on any atom is 0.326 e. The van der Waals surface area contributed by atoms with Crippen molar-refractivity contribution in [2.45, 2.75) is 44.7 Å². The Balaban J connectivity index is 2.04. The molecule has 0 aliphatic heterocycles. The van der Waals surface area contributed by atoms with Crippen LogP contribution >= 0.6 is 11.8 Å². The molecule has 1 atom stereocenters. The van der Waals surface area contributed by atoms with Crippen LogP contribution in [0.3, 0.4) is 0 Å². The topological polar surface area (TPSA) is 101 Å². The van der Waals surface area contributed by atoms with E-state index in [9.17, 15) is 14.4 Å². The first-order valence-electron chi connectivity index (χ1n) is 7.62. The largest absolute Gasteiger partial charge is 0.480 e. The molecule has 7 nitrogen and oxygen atoms in total. The molecular formula is C15H21N3O4S. The maximum atomic E-state index is 12.0. The van der Waals surface area contributed by atoms with Crippen LogP contribution in [0.1, 0.15) is 30.5 Å². The van der Waals surface area contributed by atoms with Gasteiger partial charge in [-0.15, -0.1) is 0 Å². The van der Waals surface area contributed by atoms with Crippen molar-refractivity contribution in [2.75, 3.05) is 12.0 Å². The predicted octanol–water partition coefficient (Wildman–Crippen LogP) is 0.445. The van der Waals surface area contributed by atoms with Gasteiger partial charge in [0.2, 0.25) is 5.91 Å². The van der Waals surface area contributed by atoms with Crippen LogP contribution in [-0.4, -0.2) is 44.8 Å². The van der Waals surface area contributed by atoms with Crippen molar-refractivity contribution >= 4 is 23.6 Å². The van der Waals surface area contributed by atoms with Gasteiger partial charge in [0.25, 0.3) is 5.56 Å². The van der Waals surface area contributed by atoms with E-state index in [0.29, 0.717) is 12.2 Å². The number of carbonyl (C=O) groups excluding carboxylic acids is 1. The molecule has 1 aromatic heterocycles. The third kappa shape index (κ3) is 4.82. The molecule has 0 saturated heterocycles. The molecule has 1 aliphatic carbocycles. The van der Waals surface area contributed by atoms with Crippen molar-refractivity contribution in [3.05, 3.63) is 27.7 Å². The van der Waals surface area contributed by atoms with E-state index in [4.69, 9.17) is 5.11 Å². The third-order valence-electron chi connectivity index (χ3n) is 3.81. The van der Waals surface area contributed by atoms with Crippen LogP contribution in [0.15, 0.2) is 10.9 Å². The van der Waals surface area contributed by atoms with Crippen molar-refractivity contribution in [1.82, 2.24) is 15.1 Å². The van der Waals surface area contributed by atoms with Crippen LogP contribution in [-0.2, 0) is 29.0 Å². The lowest BCUT2D eigenvalue weighted by Crippen LogP contribution is -2.44. The standard InChI is InChI=1S/C15H21N3O4S/c1-23-7-6-12(15(21)22)16-13(19)9-18-14(20)8-10-4-2-3-5-11(10)17-18/h8,12H,2-7,9H2,1H3,(H,16,19)(H,21,22)/t12-/m0/s1. The van der Waals surface area contributed by atoms with Crippen LogP contribution in [0.4, 0.5) is 0 Å². The van der Waals surface area contributed by atoms with Gasteiger partial charge in [-0.1, -0.05) is 0 Å². The summed E-state index contributed by atoms with van der Waals surface area (Å²) in [4.78, 5) is 35.2. The quantitative estimate of drug-likeness (QED) is 0.748. The molecule has 8 heteroatoms. The molecule has 0 unspecified atom stereocenters. The van der Waals surface area contributed by atoms with Gasteiger partial charge in [0.15, 0.2) is 0 Å². The summed E-state index contributed by atoms with van der Waals surface area (Å²) in [5.74, 6) is -0.948. The molecule has 0 radical (unpaired) electrons. The number of aromatic nitrogens is 2. The lowest BCUT2D eigenvalue weighted by atomic mass is 9.97. The Hall–Kier alpha value is -1.83. The minimum Gasteiger partial charge on any atom is -0.480 e. The second-order valence-corrected chi connectivity index (χ2v) is 6.54. The molecule has 1 aromatic rings. The summed E-state index contributed by atoms with van der Waals surface area (Å²) in [5.41, 5.74) is 1.50. The van der Waals surface area contributed by atoms with Crippen LogP contribution < -0.4 is 10.9 Å². The number of rotatable bonds is 7. The van der Waals surface area contributed by atoms with E-state index in [1.165, 1.54) is 17.8 Å². The van der Waals surface area contributed by atoms with Gasteiger partial charge in [-0.25, -0.2) is 9.48 Å². The summed E-state index contributed by atoms with van der Waals surface area (Å²) in [6.07, 6.45) is 5.95. The summed E-state index contributed by atoms with van der Waals surface area (Å²) in [7, 11) is 0. The van der Waals surface area contributed by atoms with Crippen molar-refractivity contribution in [1.29, 1.82) is 0 Å². The summed E-state index contributed by atoms with van der Waals surface area (Å²) in [6, 6.07) is 0.597. The number of fused-ring (bicyclic) bond motifs is 1. The van der Waals surface area contributed by atoms with Gasteiger partial charge >= 0.3 is 5.97 Å². The Morgan fingerprint density at radius 3 is 2.87 bits per heavy atom. The van der Waals surface area contributed by atoms with E-state index in [1.807, 2.05) is 6.26 Å². The van der Waals surface area contributed by atoms with Crippen molar-refractivity contribution in [3.63, 3.8) is 0 Å². The Morgan fingerprint density at radius 2 is 2.17 bits per heavy atom. The number of hydrogen-bond acceptors (Lipinski definition) is 5. The van der Waals surface area contributed by atoms with Gasteiger partial charge in [0.1, 0.15) is 12.6 Å². The highest BCUT2D eigenvalue weighted by atomic mass is 32.2. The van der Waals surface area contributed by atoms with Crippen LogP contribution in [0.5, 0.6) is 0 Å². The lowest BCUT2D eigenvalue weighted by Gasteiger charge is -2.17. The number of hydrogen-bond donors (Lipinski definition) is 2. The molecule has 1 aliphatic rings. The Kier molecular flexibility index (Phi) is 6.20. The van der Waals surface area contributed by atoms with E-state index < -0.39 is 17.9 Å². The van der Waals surface area contributed by atoms with Crippen molar-refractivity contribution < 1.29 is 14.7 Å². The van der Waals surface area contributed by atoms with Crippen LogP contribution in [0.25, 0.3) is 0 Å². The number of amides is 1. The smallest absolute Gasteiger partial charge is 0.326 e. The summed E-state index contributed by atoms with van der Waals surface area (Å²) < 4.78 is 1.12. The number of carboxylic acids is 1. The second-order valence-electron chi connectivity index (χ2n) is 5.56. The van der Waals surface area contributed by atoms with E-state index in [0.717, 1.165) is 41.6 Å². The van der Waals surface area contributed by atoms with E-state index in [2.05, 4.69) is 10.4 Å². The van der Waals surface area contributed by atoms with E-state index in [-0.39, 0.29) is 12.1 Å². The zero-order chi connectivity index (χ0) is 16.8. The molecule has 0 spiro atoms. The highest BCUT2D eigenvalue weighted by Gasteiger charge is 2.20. The Morgan fingerprint density at radius 1 is 1.43 bits per heavy atom. The molecule has 1 amide bonds. The molecule has 0 aromatic carbocycles. The average molecular weight is 339 g/mol. The molecule has 0 fully saturated rings. The molecule has 0 bridgehead atoms. The molecule has 1 heterocycles. The third-order valence-corrected chi connectivity index (χ3v) is 4.46. The zero-order valence-electron chi connectivity index (χ0n) is 13.1. The van der Waals surface area contributed by atoms with E-state index >= 15 is 0 Å². The summed E-state index contributed by atoms with van der Waals surface area (Å²) in [5, 5.41) is 15.8. The predicted molar refractivity (Wildman–Crippen MR) is 87.7 cm³/mol. The first-order chi connectivity index (χ1) is 11.0. The molecule has 0 saturated carbocycles. The number of aryl methyl sites for hydroxylation is 2. The monoisotopic (exact) mass is 339 g/mol. The fraction of sp³-hybridized carbons (Fsp3) is 0.600. The van der Waals surface area contributed by atoms with E-state index in [1.54, 1.807) is 0 Å². The molecular weight excluding hydrogens is 318 g/mol. The minimum absolute atomic E-state index is 0.255. The normalized spacial score (nSPS) is 14.8. The van der Waals surface area contributed by atoms with Crippen LogP contribution in [0, 0.1) is 0 Å². The average Bonchev–Trinajstić information content (AvgIpc) is 2.51. The fourth-order valence-corrected chi connectivity index (χ4v) is 3.05. The number of aliphatic carboxylic acids is 1. The number of nitrogens with zero attached hydrogens (tertiary/aromatic N) is 2. The van der Waals surface area contributed by atoms with Gasteiger partial charge in [-0.2, -0.15) is 16.9 Å². The number of nitrogens with one attached hydrogen (secondary N) is 1. The number of carbonyl (C=O) groups is 2. The molecule has 2 N–H and O–H groups in total. The highest BCUT2D eigenvalue weighted by Crippen LogP contribution is 2.16. The summed E-state index contributed by atoms with van der Waals surface area (Å²) in [6.45, 7) is -0.255. The number of thioether (sulfide) groups is 1. The molecule has 23 heavy (non-hydrogen) atoms. The van der Waals surface area contributed by atoms with Gasteiger partial charge in [-0.3, -0.25) is 9.59 Å². The van der Waals surface area contributed by atoms with Crippen LogP contribution in [0.2, 0.25) is 0 Å². The maximum absolute atomic E-state index is 12.0. The zero-order valence-corrected chi connectivity index (χ0v) is 13.9. The fourth-order valence-electron chi connectivity index (χ4n) is 2.58. The first-order valence-corrected chi connectivity index (χ1v) is 9.01. The SMILES string of the molecule is CSCC[C@H](NC(=O)Cn1nc2c(cc1=O)CCCC2)C(=O)O. The van der Waals surface area contributed by atoms with Gasteiger partial charge in [-0.05, 0) is 49.7 Å². The van der Waals surface area contributed by atoms with Gasteiger partial charge in [0.05, 0.1) is 5.69 Å². The van der Waals surface area contributed by atoms with Gasteiger partial charge < -0.3 is 10.4 Å². The minimum atomic E-state index is -1.07. The Bertz CT molecular complexity index is 644. The number of carboxylic acid groups (broad SMARTS) is 1. The van der Waals surface area contributed by atoms with Gasteiger partial charge in [0, 0.05) is 6.07 Å². The molecule has 126 valence electrons. The highest BCUT2D eigenvalue weighted by molar-refractivity contribution is 7.98. The summed E-state index contributed by atoms with van der Waals surface area (Å²) >= 11 is 1.51. The molecule has 2 rings (SSSR count).